The summed E-state index contributed by atoms with van der Waals surface area (Å²) in [6, 6.07) is 10.0. The number of halogens is 4. The van der Waals surface area contributed by atoms with Gasteiger partial charge in [-0.25, -0.2) is 8.42 Å². The minimum atomic E-state index is -4.64. The Hall–Kier alpha value is -2.79. The van der Waals surface area contributed by atoms with Gasteiger partial charge in [0.05, 0.1) is 17.5 Å². The molecule has 2 atom stereocenters. The van der Waals surface area contributed by atoms with Crippen LogP contribution in [0.15, 0.2) is 48.5 Å². The number of hydrogen-bond acceptors (Lipinski definition) is 4. The molecule has 0 aromatic heterocycles. The molecular weight excluding hydrogens is 555 g/mol. The number of carbonyl (C=O) groups excluding carboxylic acids is 2. The van der Waals surface area contributed by atoms with Crippen molar-refractivity contribution in [2.24, 2.45) is 0 Å². The number of alkyl halides is 3. The van der Waals surface area contributed by atoms with Crippen LogP contribution in [0.25, 0.3) is 0 Å². The minimum absolute atomic E-state index is 0.0304. The van der Waals surface area contributed by atoms with Gasteiger partial charge in [-0.1, -0.05) is 43.6 Å². The number of anilines is 1. The molecule has 0 spiro atoms. The van der Waals surface area contributed by atoms with Gasteiger partial charge in [0.1, 0.15) is 6.04 Å². The fourth-order valence-corrected chi connectivity index (χ4v) is 5.07. The van der Waals surface area contributed by atoms with Gasteiger partial charge in [-0.3, -0.25) is 13.9 Å². The average Bonchev–Trinajstić information content (AvgIpc) is 2.86. The lowest BCUT2D eigenvalue weighted by Gasteiger charge is -2.32. The predicted molar refractivity (Wildman–Crippen MR) is 147 cm³/mol. The van der Waals surface area contributed by atoms with Crippen molar-refractivity contribution in [2.45, 2.75) is 71.3 Å². The summed E-state index contributed by atoms with van der Waals surface area (Å²) in [5, 5.41) is 3.43. The summed E-state index contributed by atoms with van der Waals surface area (Å²) >= 11 is 5.98. The zero-order valence-electron chi connectivity index (χ0n) is 22.5. The summed E-state index contributed by atoms with van der Waals surface area (Å²) in [6.45, 7) is 5.51. The van der Waals surface area contributed by atoms with Crippen LogP contribution in [0, 0.1) is 0 Å². The molecule has 0 saturated carbocycles. The average molecular weight is 590 g/mol. The third-order valence-corrected chi connectivity index (χ3v) is 7.71. The normalized spacial score (nSPS) is 13.4. The molecule has 0 aliphatic carbocycles. The van der Waals surface area contributed by atoms with Crippen molar-refractivity contribution >= 4 is 39.1 Å². The number of nitrogens with one attached hydrogen (secondary N) is 1. The fraction of sp³-hybridized carbons (Fsp3) is 0.481. The van der Waals surface area contributed by atoms with Crippen LogP contribution in [-0.4, -0.2) is 50.0 Å². The standard InChI is InChI=1S/C27H35ClF3N3O4S/c1-5-19(3)32-26(36)24(6-2)33(18-20-12-14-22(28)15-13-20)25(35)11-8-16-34(39(4,37)38)23-10-7-9-21(17-23)27(29,30)31/h7,9-10,12-15,17,19,24H,5-6,8,11,16,18H2,1-4H3,(H,32,36)/t19-,24+/m1/s1. The third-order valence-electron chi connectivity index (χ3n) is 6.27. The molecule has 1 N–H and O–H groups in total. The molecule has 2 rings (SSSR count). The molecule has 2 amide bonds. The molecule has 216 valence electrons. The van der Waals surface area contributed by atoms with E-state index in [2.05, 4.69) is 5.32 Å². The molecule has 0 heterocycles. The van der Waals surface area contributed by atoms with Crippen LogP contribution >= 0.6 is 11.6 Å². The van der Waals surface area contributed by atoms with Crippen molar-refractivity contribution in [3.8, 4) is 0 Å². The number of benzene rings is 2. The fourth-order valence-electron chi connectivity index (χ4n) is 3.99. The number of rotatable bonds is 13. The number of hydrogen-bond donors (Lipinski definition) is 1. The van der Waals surface area contributed by atoms with Crippen LogP contribution in [0.3, 0.4) is 0 Å². The highest BCUT2D eigenvalue weighted by Crippen LogP contribution is 2.32. The van der Waals surface area contributed by atoms with Gasteiger partial charge in [-0.2, -0.15) is 13.2 Å². The lowest BCUT2D eigenvalue weighted by atomic mass is 10.1. The van der Waals surface area contributed by atoms with Crippen molar-refractivity contribution in [1.29, 1.82) is 0 Å². The first kappa shape index (κ1) is 32.4. The monoisotopic (exact) mass is 589 g/mol. The van der Waals surface area contributed by atoms with Crippen molar-refractivity contribution in [3.63, 3.8) is 0 Å². The summed E-state index contributed by atoms with van der Waals surface area (Å²) in [5.41, 5.74) is -0.363. The lowest BCUT2D eigenvalue weighted by Crippen LogP contribution is -2.50. The first-order valence-corrected chi connectivity index (χ1v) is 14.9. The zero-order valence-corrected chi connectivity index (χ0v) is 24.0. The van der Waals surface area contributed by atoms with Crippen LogP contribution in [-0.2, 0) is 32.3 Å². The summed E-state index contributed by atoms with van der Waals surface area (Å²) in [7, 11) is -3.94. The van der Waals surface area contributed by atoms with Crippen LogP contribution in [0.2, 0.25) is 5.02 Å². The second-order valence-corrected chi connectivity index (χ2v) is 11.7. The molecule has 0 aliphatic rings. The molecule has 39 heavy (non-hydrogen) atoms. The van der Waals surface area contributed by atoms with E-state index in [1.54, 1.807) is 31.2 Å². The number of amides is 2. The SMILES string of the molecule is CC[C@@H](C)NC(=O)[C@H](CC)N(Cc1ccc(Cl)cc1)C(=O)CCCN(c1cccc(C(F)(F)F)c1)S(C)(=O)=O. The minimum Gasteiger partial charge on any atom is -0.352 e. The molecule has 0 unspecified atom stereocenters. The van der Waals surface area contributed by atoms with Crippen LogP contribution < -0.4 is 9.62 Å². The molecule has 0 aliphatic heterocycles. The Kier molecular flexibility index (Phi) is 11.7. The predicted octanol–water partition coefficient (Wildman–Crippen LogP) is 5.63. The molecule has 0 radical (unpaired) electrons. The maximum absolute atomic E-state index is 13.4. The first-order valence-electron chi connectivity index (χ1n) is 12.7. The van der Waals surface area contributed by atoms with Gasteiger partial charge in [0.2, 0.25) is 21.8 Å². The molecular formula is C27H35ClF3N3O4S. The number of sulfonamides is 1. The van der Waals surface area contributed by atoms with E-state index in [0.29, 0.717) is 17.9 Å². The van der Waals surface area contributed by atoms with Crippen molar-refractivity contribution in [3.05, 3.63) is 64.7 Å². The smallest absolute Gasteiger partial charge is 0.352 e. The molecule has 2 aromatic carbocycles. The van der Waals surface area contributed by atoms with Gasteiger partial charge in [0.15, 0.2) is 0 Å². The van der Waals surface area contributed by atoms with Crippen LogP contribution in [0.1, 0.15) is 57.6 Å². The molecule has 0 fully saturated rings. The number of nitrogens with zero attached hydrogens (tertiary/aromatic N) is 2. The Bertz CT molecular complexity index is 1220. The van der Waals surface area contributed by atoms with Gasteiger partial charge < -0.3 is 10.2 Å². The van der Waals surface area contributed by atoms with Gasteiger partial charge >= 0.3 is 6.18 Å². The second-order valence-electron chi connectivity index (χ2n) is 9.38. The molecule has 12 heteroatoms. The van der Waals surface area contributed by atoms with Gasteiger partial charge in [0.25, 0.3) is 0 Å². The van der Waals surface area contributed by atoms with E-state index in [1.165, 1.54) is 11.0 Å². The Balaban J connectivity index is 2.26. The Morgan fingerprint density at radius 3 is 2.23 bits per heavy atom. The highest BCUT2D eigenvalue weighted by atomic mass is 35.5. The van der Waals surface area contributed by atoms with E-state index in [9.17, 15) is 31.2 Å². The molecule has 2 aromatic rings. The summed E-state index contributed by atoms with van der Waals surface area (Å²) in [6.07, 6.45) is -2.77. The molecule has 7 nitrogen and oxygen atoms in total. The van der Waals surface area contributed by atoms with Crippen molar-refractivity contribution in [1.82, 2.24) is 10.2 Å². The quantitative estimate of drug-likeness (QED) is 0.328. The van der Waals surface area contributed by atoms with Crippen molar-refractivity contribution in [2.75, 3.05) is 17.1 Å². The number of carbonyl (C=O) groups is 2. The van der Waals surface area contributed by atoms with Gasteiger partial charge in [-0.15, -0.1) is 0 Å². The Morgan fingerprint density at radius 1 is 1.05 bits per heavy atom. The molecule has 0 saturated heterocycles. The van der Waals surface area contributed by atoms with E-state index in [0.717, 1.165) is 34.3 Å². The van der Waals surface area contributed by atoms with E-state index in [-0.39, 0.29) is 49.5 Å². The highest BCUT2D eigenvalue weighted by Gasteiger charge is 2.32. The largest absolute Gasteiger partial charge is 0.416 e. The molecule has 0 bridgehead atoms. The second kappa shape index (κ2) is 14.0. The summed E-state index contributed by atoms with van der Waals surface area (Å²) in [5.74, 6) is -0.676. The van der Waals surface area contributed by atoms with E-state index in [1.807, 2.05) is 13.8 Å². The van der Waals surface area contributed by atoms with Gasteiger partial charge in [-0.05, 0) is 62.1 Å². The summed E-state index contributed by atoms with van der Waals surface area (Å²) < 4.78 is 65.3. The van der Waals surface area contributed by atoms with Crippen LogP contribution in [0.4, 0.5) is 18.9 Å². The lowest BCUT2D eigenvalue weighted by molar-refractivity contribution is -0.141. The third kappa shape index (κ3) is 9.72. The summed E-state index contributed by atoms with van der Waals surface area (Å²) in [4.78, 5) is 27.9. The van der Waals surface area contributed by atoms with E-state index >= 15 is 0 Å². The highest BCUT2D eigenvalue weighted by molar-refractivity contribution is 7.92. The first-order chi connectivity index (χ1) is 18.2. The topological polar surface area (TPSA) is 86.8 Å². The van der Waals surface area contributed by atoms with Crippen molar-refractivity contribution < 1.29 is 31.2 Å². The maximum atomic E-state index is 13.4. The van der Waals surface area contributed by atoms with E-state index in [4.69, 9.17) is 11.6 Å². The zero-order chi connectivity index (χ0) is 29.4. The van der Waals surface area contributed by atoms with Gasteiger partial charge in [0, 0.05) is 30.6 Å². The Labute approximate surface area is 233 Å². The maximum Gasteiger partial charge on any atom is 0.416 e. The van der Waals surface area contributed by atoms with Crippen LogP contribution in [0.5, 0.6) is 0 Å². The van der Waals surface area contributed by atoms with E-state index < -0.39 is 27.8 Å². The Morgan fingerprint density at radius 2 is 1.69 bits per heavy atom.